The third kappa shape index (κ3) is 432. The number of halogens is 4. The van der Waals surface area contributed by atoms with Gasteiger partial charge in [0, 0.05) is 41.7 Å². The molecule has 0 aliphatic carbocycles. The predicted octanol–water partition coefficient (Wildman–Crippen LogP) is -23.7. The Hall–Kier alpha value is 3.82. The molecule has 12 nitrogen and oxygen atoms in total. The van der Waals surface area contributed by atoms with E-state index >= 15 is 0 Å². The fourth-order valence-corrected chi connectivity index (χ4v) is 0. The maximum absolute atomic E-state index is 8.68. The van der Waals surface area contributed by atoms with Gasteiger partial charge in [-0.15, -0.1) is 0 Å². The van der Waals surface area contributed by atoms with Crippen molar-refractivity contribution >= 4 is 0 Å². The standard InChI is InChI=1S/Ce.4HIO3/c;4*2-1(3)4/h;4*2H. The third-order valence-corrected chi connectivity index (χ3v) is 0. The Balaban J connectivity index is -0.0000000369. The molecule has 17 heteroatoms. The van der Waals surface area contributed by atoms with Gasteiger partial charge < -0.3 is 27.5 Å². The first kappa shape index (κ1) is 32.7. The summed E-state index contributed by atoms with van der Waals surface area (Å²) in [5.41, 5.74) is 0. The molecule has 0 aromatic rings. The van der Waals surface area contributed by atoms with Crippen LogP contribution in [0.15, 0.2) is 0 Å². The summed E-state index contributed by atoms with van der Waals surface area (Å²) in [4.78, 5) is 0. The monoisotopic (exact) mass is 843 g/mol. The minimum Gasteiger partial charge on any atom is -0.396 e. The van der Waals surface area contributed by atoms with Gasteiger partial charge in [0.25, 0.3) is 0 Å². The molecule has 0 aliphatic heterocycles. The second-order valence-electron chi connectivity index (χ2n) is 0.804. The first-order chi connectivity index (χ1) is 6.93. The molecule has 0 atom stereocenters. The Labute approximate surface area is 163 Å². The maximum atomic E-state index is 8.68. The van der Waals surface area contributed by atoms with E-state index in [2.05, 4.69) is 0 Å². The molecule has 4 N–H and O–H groups in total. The summed E-state index contributed by atoms with van der Waals surface area (Å²) in [6.45, 7) is 0. The molecule has 0 rings (SSSR count). The van der Waals surface area contributed by atoms with E-state index in [4.69, 9.17) is 41.2 Å². The van der Waals surface area contributed by atoms with Crippen molar-refractivity contribution < 1.29 is 167 Å². The largest absolute Gasteiger partial charge is 0.503 e. The molecule has 0 fully saturated rings. The molecular formula is H4CeI4O12. The molecule has 0 heterocycles. The zero-order valence-electron chi connectivity index (χ0n) is 7.07. The van der Waals surface area contributed by atoms with Crippen LogP contribution in [0.1, 0.15) is 0 Å². The van der Waals surface area contributed by atoms with Crippen molar-refractivity contribution in [1.82, 2.24) is 0 Å². The third-order valence-electron chi connectivity index (χ3n) is 0. The van der Waals surface area contributed by atoms with Crippen LogP contribution >= 0.6 is 0 Å². The van der Waals surface area contributed by atoms with Gasteiger partial charge in [-0.25, -0.2) is 0 Å². The molecule has 0 spiro atoms. The van der Waals surface area contributed by atoms with Crippen LogP contribution in [0, 0.1) is 41.7 Å². The predicted molar refractivity (Wildman–Crippen MR) is 8.88 cm³/mol. The second-order valence-corrected chi connectivity index (χ2v) is 5.39. The van der Waals surface area contributed by atoms with Crippen molar-refractivity contribution in [3.05, 3.63) is 0 Å². The normalized spacial score (nSPS) is 8.47. The van der Waals surface area contributed by atoms with E-state index in [0.29, 0.717) is 0 Å². The molecule has 0 aromatic carbocycles. The van der Waals surface area contributed by atoms with Gasteiger partial charge in [-0.1, -0.05) is 0 Å². The van der Waals surface area contributed by atoms with Crippen LogP contribution in [0.5, 0.6) is 0 Å². The van der Waals surface area contributed by atoms with Gasteiger partial charge in [0.15, 0.2) is 0 Å². The average Bonchev–Trinajstić information content (AvgIpc) is 1.76. The summed E-state index contributed by atoms with van der Waals surface area (Å²) in [7, 11) is 0. The Morgan fingerprint density at radius 2 is 0.412 bits per heavy atom. The van der Waals surface area contributed by atoms with E-state index < -0.39 is 84.3 Å². The van der Waals surface area contributed by atoms with E-state index in [1.165, 1.54) is 0 Å². The fourth-order valence-electron chi connectivity index (χ4n) is 0. The molecule has 17 heavy (non-hydrogen) atoms. The zero-order chi connectivity index (χ0) is 14.3. The van der Waals surface area contributed by atoms with Crippen molar-refractivity contribution in [3.8, 4) is 0 Å². The van der Waals surface area contributed by atoms with E-state index in [0.717, 1.165) is 0 Å². The maximum Gasteiger partial charge on any atom is 0.503 e. The molecule has 108 valence electrons. The smallest absolute Gasteiger partial charge is 0.396 e. The first-order valence-corrected chi connectivity index (χ1v) is 12.8. The van der Waals surface area contributed by atoms with Gasteiger partial charge in [0.2, 0.25) is 0 Å². The van der Waals surface area contributed by atoms with E-state index in [1.807, 2.05) is 0 Å². The molecule has 0 radical (unpaired) electrons. The summed E-state index contributed by atoms with van der Waals surface area (Å²) in [5.74, 6) is 0. The van der Waals surface area contributed by atoms with Gasteiger partial charge in [0.1, 0.15) is 0 Å². The van der Waals surface area contributed by atoms with Crippen molar-refractivity contribution in [2.45, 2.75) is 0 Å². The van der Waals surface area contributed by atoms with Crippen LogP contribution < -0.4 is 112 Å². The first-order valence-electron chi connectivity index (χ1n) is 1.91. The van der Waals surface area contributed by atoms with Crippen LogP contribution in [0.4, 0.5) is 0 Å². The van der Waals surface area contributed by atoms with Gasteiger partial charge in [-0.3, -0.25) is 0 Å². The summed E-state index contributed by atoms with van der Waals surface area (Å²) >= 11 is -15.1. The Morgan fingerprint density at radius 1 is 0.412 bits per heavy atom. The Morgan fingerprint density at radius 3 is 0.412 bits per heavy atom. The van der Waals surface area contributed by atoms with Gasteiger partial charge >= 0.3 is 84.3 Å². The van der Waals surface area contributed by atoms with Crippen molar-refractivity contribution in [2.24, 2.45) is 0 Å². The minimum atomic E-state index is -3.76. The zero-order valence-corrected chi connectivity index (χ0v) is 18.8. The van der Waals surface area contributed by atoms with E-state index in [9.17, 15) is 0 Å². The summed E-state index contributed by atoms with van der Waals surface area (Å²) < 4.78 is 97.9. The van der Waals surface area contributed by atoms with Crippen LogP contribution in [0.25, 0.3) is 0 Å². The van der Waals surface area contributed by atoms with Gasteiger partial charge in [-0.2, -0.15) is 0 Å². The Kier molecular flexibility index (Phi) is 53.9. The van der Waals surface area contributed by atoms with E-state index in [-0.39, 0.29) is 41.7 Å². The fraction of sp³-hybridized carbons (Fsp3) is 0. The van der Waals surface area contributed by atoms with Crippen LogP contribution in [-0.4, -0.2) is 13.7 Å². The number of hydrogen-bond donors (Lipinski definition) is 4. The molecular weight excluding hydrogens is 840 g/mol. The molecule has 0 aliphatic rings. The average molecular weight is 844 g/mol. The van der Waals surface area contributed by atoms with Crippen LogP contribution in [0.3, 0.4) is 0 Å². The SMILES string of the molecule is [Ce].[O-][I+2]([O-])O.[O-][I+2]([O-])O.[O-][I+2]([O-])O.[O-][I+2]([O-])O. The summed E-state index contributed by atoms with van der Waals surface area (Å²) in [5, 5.41) is 0. The molecule has 0 bridgehead atoms. The summed E-state index contributed by atoms with van der Waals surface area (Å²) in [6.07, 6.45) is 0. The van der Waals surface area contributed by atoms with Crippen molar-refractivity contribution in [3.63, 3.8) is 0 Å². The second kappa shape index (κ2) is 28.0. The summed E-state index contributed by atoms with van der Waals surface area (Å²) in [6, 6.07) is 0. The van der Waals surface area contributed by atoms with Crippen LogP contribution in [-0.2, 0) is 0 Å². The molecule has 0 saturated heterocycles. The van der Waals surface area contributed by atoms with Gasteiger partial charge in [-0.05, 0) is 13.7 Å². The number of rotatable bonds is 0. The topological polar surface area (TPSA) is 265 Å². The molecule has 0 amide bonds. The van der Waals surface area contributed by atoms with E-state index in [1.54, 1.807) is 0 Å². The molecule has 0 aromatic heterocycles. The van der Waals surface area contributed by atoms with Crippen molar-refractivity contribution in [1.29, 1.82) is 0 Å². The Bertz CT molecular complexity index is 61.5. The quantitative estimate of drug-likeness (QED) is 0.166. The minimum absolute atomic E-state index is 0. The molecule has 0 saturated carbocycles. The molecule has 0 unspecified atom stereocenters. The van der Waals surface area contributed by atoms with Crippen LogP contribution in [0.2, 0.25) is 0 Å². The number of hydrogen-bond acceptors (Lipinski definition) is 12. The van der Waals surface area contributed by atoms with Gasteiger partial charge in [0.05, 0.1) is 0 Å². The van der Waals surface area contributed by atoms with Crippen molar-refractivity contribution in [2.75, 3.05) is 0 Å².